The molecule has 7 heteroatoms. The first-order valence-corrected chi connectivity index (χ1v) is 10.0. The van der Waals surface area contributed by atoms with E-state index < -0.39 is 0 Å². The molecule has 3 heterocycles. The number of nitrogens with one attached hydrogen (secondary N) is 2. The van der Waals surface area contributed by atoms with Gasteiger partial charge in [-0.1, -0.05) is 0 Å². The van der Waals surface area contributed by atoms with Crippen LogP contribution in [0.25, 0.3) is 0 Å². The summed E-state index contributed by atoms with van der Waals surface area (Å²) in [5, 5.41) is 15.0. The van der Waals surface area contributed by atoms with E-state index in [1.54, 1.807) is 4.90 Å². The number of aromatic nitrogens is 2. The van der Waals surface area contributed by atoms with E-state index in [4.69, 9.17) is 4.74 Å². The summed E-state index contributed by atoms with van der Waals surface area (Å²) in [6.45, 7) is 5.44. The number of nitrogens with zero attached hydrogens (tertiary/aromatic N) is 3. The number of rotatable bonds is 5. The van der Waals surface area contributed by atoms with Crippen LogP contribution in [0, 0.1) is 12.8 Å². The number of amides is 1. The van der Waals surface area contributed by atoms with Crippen LogP contribution >= 0.6 is 0 Å². The summed E-state index contributed by atoms with van der Waals surface area (Å²) in [5.41, 5.74) is 1.61. The summed E-state index contributed by atoms with van der Waals surface area (Å²) in [4.78, 5) is 14.9. The molecule has 0 radical (unpaired) electrons. The van der Waals surface area contributed by atoms with Gasteiger partial charge in [-0.25, -0.2) is 0 Å². The van der Waals surface area contributed by atoms with Crippen molar-refractivity contribution < 1.29 is 9.53 Å². The maximum absolute atomic E-state index is 13.2. The predicted molar refractivity (Wildman–Crippen MR) is 108 cm³/mol. The molecule has 1 aromatic carbocycles. The number of piperidine rings is 1. The van der Waals surface area contributed by atoms with E-state index in [1.807, 2.05) is 43.3 Å². The van der Waals surface area contributed by atoms with Crippen molar-refractivity contribution in [2.45, 2.75) is 32.3 Å². The maximum Gasteiger partial charge on any atom is 0.237 e. The van der Waals surface area contributed by atoms with Crippen LogP contribution in [-0.2, 0) is 4.79 Å². The van der Waals surface area contributed by atoms with Crippen molar-refractivity contribution in [1.82, 2.24) is 20.8 Å². The normalized spacial score (nSPS) is 20.1. The van der Waals surface area contributed by atoms with E-state index in [-0.39, 0.29) is 17.9 Å². The van der Waals surface area contributed by atoms with Crippen molar-refractivity contribution in [2.75, 3.05) is 31.1 Å². The second kappa shape index (κ2) is 8.67. The second-order valence-electron chi connectivity index (χ2n) is 7.46. The molecule has 0 saturated carbocycles. The molecule has 1 amide bonds. The van der Waals surface area contributed by atoms with Crippen LogP contribution in [0.4, 0.5) is 11.5 Å². The van der Waals surface area contributed by atoms with Gasteiger partial charge in [-0.2, -0.15) is 5.10 Å². The Balaban J connectivity index is 1.56. The van der Waals surface area contributed by atoms with Crippen molar-refractivity contribution in [1.29, 1.82) is 0 Å². The number of benzene rings is 1. The van der Waals surface area contributed by atoms with E-state index in [2.05, 4.69) is 20.8 Å². The lowest BCUT2D eigenvalue weighted by molar-refractivity contribution is -0.121. The number of hydrogen-bond donors (Lipinski definition) is 2. The molecule has 0 unspecified atom stereocenters. The highest BCUT2D eigenvalue weighted by Crippen LogP contribution is 2.29. The van der Waals surface area contributed by atoms with E-state index in [9.17, 15) is 4.79 Å². The molecule has 0 bridgehead atoms. The predicted octanol–water partition coefficient (Wildman–Crippen LogP) is 2.19. The fourth-order valence-corrected chi connectivity index (χ4v) is 3.71. The Hall–Kier alpha value is -2.51. The molecule has 0 aliphatic carbocycles. The third-order valence-corrected chi connectivity index (χ3v) is 5.33. The van der Waals surface area contributed by atoms with Crippen LogP contribution in [0.1, 0.15) is 25.0 Å². The van der Waals surface area contributed by atoms with Gasteiger partial charge in [-0.15, -0.1) is 5.10 Å². The van der Waals surface area contributed by atoms with Gasteiger partial charge in [0.15, 0.2) is 5.82 Å². The molecule has 2 fully saturated rings. The number of anilines is 2. The highest BCUT2D eigenvalue weighted by atomic mass is 16.5. The quantitative estimate of drug-likeness (QED) is 0.827. The molecule has 148 valence electrons. The van der Waals surface area contributed by atoms with Gasteiger partial charge in [-0.05, 0) is 82.2 Å². The topological polar surface area (TPSA) is 79.4 Å². The van der Waals surface area contributed by atoms with Crippen molar-refractivity contribution in [2.24, 2.45) is 5.92 Å². The number of ether oxygens (including phenoxy) is 1. The lowest BCUT2D eigenvalue weighted by atomic mass is 10.1. The van der Waals surface area contributed by atoms with Crippen LogP contribution < -0.4 is 20.3 Å². The van der Waals surface area contributed by atoms with Crippen molar-refractivity contribution in [3.05, 3.63) is 42.1 Å². The third kappa shape index (κ3) is 4.31. The first kappa shape index (κ1) is 18.8. The molecule has 2 N–H and O–H groups in total. The zero-order valence-corrected chi connectivity index (χ0v) is 16.2. The lowest BCUT2D eigenvalue weighted by Crippen LogP contribution is -2.34. The molecular formula is C21H27N5O2. The summed E-state index contributed by atoms with van der Waals surface area (Å²) >= 11 is 0. The summed E-state index contributed by atoms with van der Waals surface area (Å²) in [7, 11) is 0. The van der Waals surface area contributed by atoms with E-state index in [1.165, 1.54) is 0 Å². The Morgan fingerprint density at radius 1 is 1.00 bits per heavy atom. The van der Waals surface area contributed by atoms with Gasteiger partial charge in [0, 0.05) is 6.54 Å². The molecule has 7 nitrogen and oxygen atoms in total. The molecule has 2 aliphatic rings. The van der Waals surface area contributed by atoms with Crippen LogP contribution in [0.2, 0.25) is 0 Å². The Bertz CT molecular complexity index is 781. The smallest absolute Gasteiger partial charge is 0.237 e. The van der Waals surface area contributed by atoms with Crippen LogP contribution in [0.5, 0.6) is 5.75 Å². The third-order valence-electron chi connectivity index (χ3n) is 5.33. The minimum absolute atomic E-state index is 0.0474. The Kier molecular flexibility index (Phi) is 5.83. The molecule has 1 atom stereocenters. The zero-order valence-electron chi connectivity index (χ0n) is 16.2. The highest BCUT2D eigenvalue weighted by molar-refractivity contribution is 6.01. The monoisotopic (exact) mass is 381 g/mol. The maximum atomic E-state index is 13.2. The highest BCUT2D eigenvalue weighted by Gasteiger charge is 2.30. The number of carbonyl (C=O) groups excluding carboxylic acids is 1. The van der Waals surface area contributed by atoms with Crippen molar-refractivity contribution in [3.63, 3.8) is 0 Å². The summed E-state index contributed by atoms with van der Waals surface area (Å²) < 4.78 is 6.09. The summed E-state index contributed by atoms with van der Waals surface area (Å²) in [6, 6.07) is 11.5. The standard InChI is InChI=1S/C21H27N5O2/c1-15-2-7-20(25-24-15)26(21(27)16-8-11-23-14-16)17-3-5-18(6-4-17)28-19-9-12-22-13-10-19/h2-7,16,19,22-23H,8-14H2,1H3/t16-/m0/s1. The number of carbonyl (C=O) groups is 1. The van der Waals surface area contributed by atoms with Crippen LogP contribution in [0.15, 0.2) is 36.4 Å². The molecule has 2 saturated heterocycles. The molecule has 1 aromatic heterocycles. The number of aryl methyl sites for hydroxylation is 1. The molecule has 2 aliphatic heterocycles. The Labute approximate surface area is 165 Å². The van der Waals surface area contributed by atoms with Gasteiger partial charge in [0.05, 0.1) is 17.3 Å². The first-order valence-electron chi connectivity index (χ1n) is 10.0. The molecule has 2 aromatic rings. The fourth-order valence-electron chi connectivity index (χ4n) is 3.71. The summed E-state index contributed by atoms with van der Waals surface area (Å²) in [5.74, 6) is 1.39. The van der Waals surface area contributed by atoms with Crippen LogP contribution in [0.3, 0.4) is 0 Å². The van der Waals surface area contributed by atoms with Crippen LogP contribution in [-0.4, -0.2) is 48.4 Å². The van der Waals surface area contributed by atoms with E-state index in [0.29, 0.717) is 12.4 Å². The van der Waals surface area contributed by atoms with Gasteiger partial charge >= 0.3 is 0 Å². The Morgan fingerprint density at radius 3 is 2.39 bits per heavy atom. The summed E-state index contributed by atoms with van der Waals surface area (Å²) in [6.07, 6.45) is 3.11. The largest absolute Gasteiger partial charge is 0.490 e. The van der Waals surface area contributed by atoms with Gasteiger partial charge in [0.1, 0.15) is 11.9 Å². The molecule has 0 spiro atoms. The molecular weight excluding hydrogens is 354 g/mol. The number of hydrogen-bond acceptors (Lipinski definition) is 6. The first-order chi connectivity index (χ1) is 13.7. The van der Waals surface area contributed by atoms with Gasteiger partial charge < -0.3 is 15.4 Å². The zero-order chi connectivity index (χ0) is 19.3. The van der Waals surface area contributed by atoms with E-state index in [0.717, 1.165) is 56.0 Å². The molecule has 4 rings (SSSR count). The Morgan fingerprint density at radius 2 is 1.75 bits per heavy atom. The van der Waals surface area contributed by atoms with Crippen molar-refractivity contribution >= 4 is 17.4 Å². The van der Waals surface area contributed by atoms with Crippen molar-refractivity contribution in [3.8, 4) is 5.75 Å². The minimum atomic E-state index is -0.0474. The average molecular weight is 381 g/mol. The molecule has 28 heavy (non-hydrogen) atoms. The van der Waals surface area contributed by atoms with Gasteiger partial charge in [0.25, 0.3) is 0 Å². The van der Waals surface area contributed by atoms with E-state index >= 15 is 0 Å². The second-order valence-corrected chi connectivity index (χ2v) is 7.46. The average Bonchev–Trinajstić information content (AvgIpc) is 3.27. The minimum Gasteiger partial charge on any atom is -0.490 e. The fraction of sp³-hybridized carbons (Fsp3) is 0.476. The van der Waals surface area contributed by atoms with Gasteiger partial charge in [-0.3, -0.25) is 9.69 Å². The SMILES string of the molecule is Cc1ccc(N(C(=O)[C@H]2CCNC2)c2ccc(OC3CCNCC3)cc2)nn1. The van der Waals surface area contributed by atoms with Gasteiger partial charge in [0.2, 0.25) is 5.91 Å². The lowest BCUT2D eigenvalue weighted by Gasteiger charge is -2.26.